The fourth-order valence-corrected chi connectivity index (χ4v) is 1.39. The molecule has 104 valence electrons. The van der Waals surface area contributed by atoms with Gasteiger partial charge < -0.3 is 14.9 Å². The Morgan fingerprint density at radius 1 is 1.26 bits per heavy atom. The molecule has 19 heavy (non-hydrogen) atoms. The lowest BCUT2D eigenvalue weighted by Crippen LogP contribution is -2.50. The molecule has 1 aromatic heterocycles. The van der Waals surface area contributed by atoms with Gasteiger partial charge in [0.2, 0.25) is 0 Å². The molecule has 1 heterocycles. The number of carbonyl (C=O) groups is 2. The van der Waals surface area contributed by atoms with Crippen LogP contribution in [0.4, 0.5) is 5.82 Å². The maximum absolute atomic E-state index is 12.3. The van der Waals surface area contributed by atoms with Crippen LogP contribution in [-0.4, -0.2) is 53.5 Å². The van der Waals surface area contributed by atoms with Crippen molar-refractivity contribution >= 4 is 17.7 Å². The van der Waals surface area contributed by atoms with E-state index in [1.807, 2.05) is 14.1 Å². The predicted molar refractivity (Wildman–Crippen MR) is 72.4 cm³/mol. The Morgan fingerprint density at radius 2 is 1.84 bits per heavy atom. The fraction of sp³-hybridized carbons (Fsp3) is 0.462. The maximum atomic E-state index is 12.3. The molecular weight excluding hydrogens is 246 g/mol. The largest absolute Gasteiger partial charge is 0.480 e. The van der Waals surface area contributed by atoms with Gasteiger partial charge in [-0.25, -0.2) is 9.78 Å². The molecule has 0 aliphatic rings. The van der Waals surface area contributed by atoms with Gasteiger partial charge >= 0.3 is 5.97 Å². The molecule has 1 amide bonds. The van der Waals surface area contributed by atoms with E-state index < -0.39 is 11.5 Å². The van der Waals surface area contributed by atoms with Crippen molar-refractivity contribution in [3.05, 3.63) is 23.9 Å². The van der Waals surface area contributed by atoms with Gasteiger partial charge in [-0.05, 0) is 26.0 Å². The summed E-state index contributed by atoms with van der Waals surface area (Å²) < 4.78 is 0. The van der Waals surface area contributed by atoms with Crippen molar-refractivity contribution in [1.29, 1.82) is 0 Å². The number of rotatable bonds is 4. The van der Waals surface area contributed by atoms with E-state index in [2.05, 4.69) is 4.98 Å². The van der Waals surface area contributed by atoms with E-state index in [1.54, 1.807) is 17.0 Å². The highest BCUT2D eigenvalue weighted by molar-refractivity contribution is 5.97. The molecule has 0 fully saturated rings. The summed E-state index contributed by atoms with van der Waals surface area (Å²) in [6.07, 6.45) is 1.53. The zero-order chi connectivity index (χ0) is 14.8. The Bertz CT molecular complexity index is 498. The number of aliphatic carboxylic acids is 1. The van der Waals surface area contributed by atoms with E-state index in [4.69, 9.17) is 5.11 Å². The minimum atomic E-state index is -1.27. The first kappa shape index (κ1) is 14.9. The predicted octanol–water partition coefficient (Wildman–Crippen LogP) is 1.08. The zero-order valence-electron chi connectivity index (χ0n) is 11.8. The van der Waals surface area contributed by atoms with E-state index in [9.17, 15) is 9.59 Å². The average molecular weight is 265 g/mol. The molecule has 0 aliphatic carbocycles. The first-order chi connectivity index (χ1) is 8.67. The smallest absolute Gasteiger partial charge is 0.329 e. The van der Waals surface area contributed by atoms with Crippen LogP contribution in [0.5, 0.6) is 0 Å². The third-order valence-corrected chi connectivity index (χ3v) is 3.12. The molecule has 1 N–H and O–H groups in total. The third-order valence-electron chi connectivity index (χ3n) is 3.12. The van der Waals surface area contributed by atoms with Gasteiger partial charge in [0.15, 0.2) is 0 Å². The lowest BCUT2D eigenvalue weighted by Gasteiger charge is -2.31. The highest BCUT2D eigenvalue weighted by atomic mass is 16.4. The normalized spacial score (nSPS) is 11.0. The van der Waals surface area contributed by atoms with Crippen molar-refractivity contribution in [3.8, 4) is 0 Å². The van der Waals surface area contributed by atoms with Crippen LogP contribution in [0.15, 0.2) is 18.3 Å². The standard InChI is InChI=1S/C13H19N3O3/c1-13(2,12(18)19)16(5)11(17)9-6-7-14-10(8-9)15(3)4/h6-8H,1-5H3,(H,18,19). The van der Waals surface area contributed by atoms with Gasteiger partial charge in [-0.15, -0.1) is 0 Å². The van der Waals surface area contributed by atoms with Crippen molar-refractivity contribution in [2.75, 3.05) is 26.0 Å². The molecule has 6 heteroatoms. The van der Waals surface area contributed by atoms with Crippen LogP contribution in [0.1, 0.15) is 24.2 Å². The number of hydrogen-bond donors (Lipinski definition) is 1. The van der Waals surface area contributed by atoms with E-state index in [-0.39, 0.29) is 5.91 Å². The molecule has 0 aliphatic heterocycles. The second-order valence-electron chi connectivity index (χ2n) is 5.03. The number of anilines is 1. The second-order valence-corrected chi connectivity index (χ2v) is 5.03. The summed E-state index contributed by atoms with van der Waals surface area (Å²) in [5.74, 6) is -0.754. The molecule has 1 aromatic rings. The summed E-state index contributed by atoms with van der Waals surface area (Å²) in [6, 6.07) is 3.21. The zero-order valence-corrected chi connectivity index (χ0v) is 11.8. The number of carboxylic acids is 1. The van der Waals surface area contributed by atoms with Crippen molar-refractivity contribution in [2.45, 2.75) is 19.4 Å². The Kier molecular flexibility index (Phi) is 4.14. The Balaban J connectivity index is 3.07. The SMILES string of the molecule is CN(C)c1cc(C(=O)N(C)C(C)(C)C(=O)O)ccn1. The molecule has 0 unspecified atom stereocenters. The van der Waals surface area contributed by atoms with E-state index in [1.165, 1.54) is 32.0 Å². The van der Waals surface area contributed by atoms with Gasteiger partial charge in [0.25, 0.3) is 5.91 Å². The van der Waals surface area contributed by atoms with Gasteiger partial charge in [-0.3, -0.25) is 4.79 Å². The summed E-state index contributed by atoms with van der Waals surface area (Å²) in [6.45, 7) is 2.97. The summed E-state index contributed by atoms with van der Waals surface area (Å²) in [5.41, 5.74) is -0.853. The summed E-state index contributed by atoms with van der Waals surface area (Å²) >= 11 is 0. The number of carboxylic acid groups (broad SMARTS) is 1. The minimum Gasteiger partial charge on any atom is -0.480 e. The van der Waals surface area contributed by atoms with Crippen LogP contribution in [0.3, 0.4) is 0 Å². The van der Waals surface area contributed by atoms with Crippen molar-refractivity contribution in [2.24, 2.45) is 0 Å². The number of pyridine rings is 1. The van der Waals surface area contributed by atoms with Crippen molar-refractivity contribution < 1.29 is 14.7 Å². The number of nitrogens with zero attached hydrogens (tertiary/aromatic N) is 3. The highest BCUT2D eigenvalue weighted by Crippen LogP contribution is 2.18. The van der Waals surface area contributed by atoms with Crippen LogP contribution < -0.4 is 4.90 Å². The Labute approximate surface area is 112 Å². The number of amides is 1. The Morgan fingerprint density at radius 3 is 2.32 bits per heavy atom. The number of carbonyl (C=O) groups excluding carboxylic acids is 1. The summed E-state index contributed by atoms with van der Waals surface area (Å²) in [7, 11) is 5.12. The molecule has 1 rings (SSSR count). The topological polar surface area (TPSA) is 73.7 Å². The Hall–Kier alpha value is -2.11. The van der Waals surface area contributed by atoms with Crippen molar-refractivity contribution in [3.63, 3.8) is 0 Å². The lowest BCUT2D eigenvalue weighted by atomic mass is 10.0. The summed E-state index contributed by atoms with van der Waals surface area (Å²) in [5, 5.41) is 9.14. The first-order valence-electron chi connectivity index (χ1n) is 5.83. The van der Waals surface area contributed by atoms with E-state index in [0.717, 1.165) is 0 Å². The second kappa shape index (κ2) is 5.26. The van der Waals surface area contributed by atoms with E-state index >= 15 is 0 Å². The molecule has 0 saturated carbocycles. The highest BCUT2D eigenvalue weighted by Gasteiger charge is 2.35. The average Bonchev–Trinajstić information content (AvgIpc) is 2.36. The molecule has 0 saturated heterocycles. The van der Waals surface area contributed by atoms with Crippen LogP contribution in [0.2, 0.25) is 0 Å². The molecule has 0 radical (unpaired) electrons. The quantitative estimate of drug-likeness (QED) is 0.882. The molecule has 0 aromatic carbocycles. The van der Waals surface area contributed by atoms with Crippen LogP contribution in [-0.2, 0) is 4.79 Å². The van der Waals surface area contributed by atoms with Gasteiger partial charge in [-0.1, -0.05) is 0 Å². The maximum Gasteiger partial charge on any atom is 0.329 e. The molecule has 0 spiro atoms. The molecule has 0 atom stereocenters. The third kappa shape index (κ3) is 3.01. The number of likely N-dealkylation sites (N-methyl/N-ethyl adjacent to an activating group) is 1. The summed E-state index contributed by atoms with van der Waals surface area (Å²) in [4.78, 5) is 30.6. The van der Waals surface area contributed by atoms with Gasteiger partial charge in [0.1, 0.15) is 11.4 Å². The number of aromatic nitrogens is 1. The van der Waals surface area contributed by atoms with E-state index in [0.29, 0.717) is 11.4 Å². The molecule has 0 bridgehead atoms. The van der Waals surface area contributed by atoms with Crippen LogP contribution >= 0.6 is 0 Å². The monoisotopic (exact) mass is 265 g/mol. The van der Waals surface area contributed by atoms with Gasteiger partial charge in [0.05, 0.1) is 0 Å². The fourth-order valence-electron chi connectivity index (χ4n) is 1.39. The minimum absolute atomic E-state index is 0.349. The first-order valence-corrected chi connectivity index (χ1v) is 5.83. The molecular formula is C13H19N3O3. The van der Waals surface area contributed by atoms with Crippen LogP contribution in [0.25, 0.3) is 0 Å². The lowest BCUT2D eigenvalue weighted by molar-refractivity contribution is -0.147. The molecule has 6 nitrogen and oxygen atoms in total. The van der Waals surface area contributed by atoms with Gasteiger partial charge in [-0.2, -0.15) is 0 Å². The van der Waals surface area contributed by atoms with Crippen molar-refractivity contribution in [1.82, 2.24) is 9.88 Å². The van der Waals surface area contributed by atoms with Crippen LogP contribution in [0, 0.1) is 0 Å². The van der Waals surface area contributed by atoms with Gasteiger partial charge in [0, 0.05) is 32.9 Å². The number of hydrogen-bond acceptors (Lipinski definition) is 4.